The Bertz CT molecular complexity index is 386. The van der Waals surface area contributed by atoms with Crippen molar-refractivity contribution in [1.29, 1.82) is 0 Å². The van der Waals surface area contributed by atoms with Gasteiger partial charge in [0.15, 0.2) is 0 Å². The molecule has 0 aromatic carbocycles. The van der Waals surface area contributed by atoms with Gasteiger partial charge in [0, 0.05) is 31.0 Å². The molecule has 0 bridgehead atoms. The number of carbonyl (C=O) groups excluding carboxylic acids is 2. The van der Waals surface area contributed by atoms with Gasteiger partial charge in [-0.15, -0.1) is 0 Å². The van der Waals surface area contributed by atoms with Gasteiger partial charge in [0.2, 0.25) is 6.41 Å². The zero-order valence-electron chi connectivity index (χ0n) is 11.2. The molecule has 88 valence electrons. The summed E-state index contributed by atoms with van der Waals surface area (Å²) in [7, 11) is 0. The molecule has 17 heavy (non-hydrogen) atoms. The van der Waals surface area contributed by atoms with Crippen LogP contribution in [0.25, 0.3) is 0 Å². The Balaban J connectivity index is 0.000000810. The molecule has 3 rings (SSSR count). The van der Waals surface area contributed by atoms with Crippen LogP contribution in [0.3, 0.4) is 0 Å². The number of carbonyl (C=O) groups is 2. The first-order chi connectivity index (χ1) is 7.79. The van der Waals surface area contributed by atoms with Crippen molar-refractivity contribution in [1.82, 2.24) is 10.4 Å². The summed E-state index contributed by atoms with van der Waals surface area (Å²) in [5.41, 5.74) is 5.66. The first kappa shape index (κ1) is 13.3. The van der Waals surface area contributed by atoms with E-state index in [4.69, 9.17) is 0 Å². The van der Waals surface area contributed by atoms with Crippen molar-refractivity contribution in [2.24, 2.45) is 11.8 Å². The summed E-state index contributed by atoms with van der Waals surface area (Å²) in [4.78, 5) is 22.4. The van der Waals surface area contributed by atoms with E-state index in [0.29, 0.717) is 30.5 Å². The van der Waals surface area contributed by atoms with Gasteiger partial charge < -0.3 is 1.43 Å². The second-order valence-electron chi connectivity index (χ2n) is 4.99. The predicted octanol–water partition coefficient (Wildman–Crippen LogP) is -1.89. The summed E-state index contributed by atoms with van der Waals surface area (Å²) in [5, 5.41) is 1.64. The third-order valence-corrected chi connectivity index (χ3v) is 4.15. The minimum absolute atomic E-state index is 0. The zero-order valence-corrected chi connectivity index (χ0v) is 12.2. The van der Waals surface area contributed by atoms with Crippen molar-refractivity contribution in [3.8, 4) is 0 Å². The minimum atomic E-state index is 0. The second-order valence-corrected chi connectivity index (χ2v) is 4.99. The maximum Gasteiger partial charge on any atom is 1.00 e. The van der Waals surface area contributed by atoms with Crippen LogP contribution in [0.4, 0.5) is 0 Å². The molecule has 3 aliphatic rings. The average molecular weight is 244 g/mol. The van der Waals surface area contributed by atoms with E-state index >= 15 is 0 Å². The smallest absolute Gasteiger partial charge is 1.00 e. The Kier molecular flexibility index (Phi) is 4.08. The molecule has 2 unspecified atom stereocenters. The van der Waals surface area contributed by atoms with Crippen LogP contribution in [0.15, 0.2) is 11.3 Å². The Morgan fingerprint density at radius 1 is 1.35 bits per heavy atom. The molecule has 2 atom stereocenters. The van der Waals surface area contributed by atoms with Crippen molar-refractivity contribution in [3.05, 3.63) is 11.3 Å². The van der Waals surface area contributed by atoms with Crippen LogP contribution < -0.4 is 35.0 Å². The topological polar surface area (TPSA) is 49.4 Å². The molecule has 1 saturated carbocycles. The third kappa shape index (κ3) is 2.24. The van der Waals surface area contributed by atoms with Gasteiger partial charge in [-0.1, -0.05) is 0 Å². The molecule has 2 aliphatic carbocycles. The molecule has 0 aromatic heterocycles. The van der Waals surface area contributed by atoms with Crippen molar-refractivity contribution >= 4 is 12.2 Å². The number of hydrogen-bond donors (Lipinski definition) is 1. The number of Topliss-reactive ketones (excluding diaryl/α,β-unsaturated/α-hetero) is 1. The molecule has 0 radical (unpaired) electrons. The van der Waals surface area contributed by atoms with Crippen molar-refractivity contribution in [3.63, 3.8) is 0 Å². The fourth-order valence-corrected chi connectivity index (χ4v) is 3.39. The van der Waals surface area contributed by atoms with Crippen LogP contribution in [0.1, 0.15) is 33.5 Å². The van der Waals surface area contributed by atoms with Crippen LogP contribution in [0.2, 0.25) is 0 Å². The molecular formula is C12H17N2NaO2. The van der Waals surface area contributed by atoms with E-state index in [0.717, 1.165) is 32.2 Å². The van der Waals surface area contributed by atoms with E-state index in [1.54, 1.807) is 5.01 Å². The van der Waals surface area contributed by atoms with Crippen LogP contribution >= 0.6 is 0 Å². The molecule has 1 amide bonds. The van der Waals surface area contributed by atoms with Gasteiger partial charge in [-0.05, 0) is 30.8 Å². The number of ketones is 1. The molecule has 1 aliphatic heterocycles. The number of amides is 1. The van der Waals surface area contributed by atoms with Gasteiger partial charge in [-0.25, -0.2) is 5.43 Å². The van der Waals surface area contributed by atoms with Crippen LogP contribution in [-0.2, 0) is 9.59 Å². The molecular weight excluding hydrogens is 227 g/mol. The van der Waals surface area contributed by atoms with E-state index in [1.165, 1.54) is 11.3 Å². The van der Waals surface area contributed by atoms with Crippen LogP contribution in [-0.4, -0.2) is 23.7 Å². The number of nitrogens with one attached hydrogen (secondary N) is 1. The van der Waals surface area contributed by atoms with Gasteiger partial charge in [-0.3, -0.25) is 14.6 Å². The number of hydrogen-bond acceptors (Lipinski definition) is 3. The quantitative estimate of drug-likeness (QED) is 0.433. The third-order valence-electron chi connectivity index (χ3n) is 4.15. The van der Waals surface area contributed by atoms with Gasteiger partial charge in [0.25, 0.3) is 0 Å². The Hall–Kier alpha value is -0.160. The fraction of sp³-hybridized carbons (Fsp3) is 0.667. The number of nitrogens with zero attached hydrogens (tertiary/aromatic N) is 1. The number of fused-ring (bicyclic) bond motifs is 2. The molecule has 1 heterocycles. The predicted molar refractivity (Wildman–Crippen MR) is 59.1 cm³/mol. The van der Waals surface area contributed by atoms with Gasteiger partial charge in [0.1, 0.15) is 5.78 Å². The van der Waals surface area contributed by atoms with Gasteiger partial charge >= 0.3 is 29.6 Å². The van der Waals surface area contributed by atoms with E-state index in [9.17, 15) is 9.59 Å². The summed E-state index contributed by atoms with van der Waals surface area (Å²) in [6.07, 6.45) is 5.35. The fourth-order valence-electron chi connectivity index (χ4n) is 3.39. The number of rotatable bonds is 1. The molecule has 0 spiro atoms. The van der Waals surface area contributed by atoms with Crippen LogP contribution in [0, 0.1) is 11.8 Å². The van der Waals surface area contributed by atoms with Crippen LogP contribution in [0.5, 0.6) is 0 Å². The molecule has 0 saturated heterocycles. The summed E-state index contributed by atoms with van der Waals surface area (Å²) >= 11 is 0. The summed E-state index contributed by atoms with van der Waals surface area (Å²) < 4.78 is 0. The maximum absolute atomic E-state index is 11.4. The van der Waals surface area contributed by atoms with E-state index in [-0.39, 0.29) is 31.0 Å². The zero-order chi connectivity index (χ0) is 11.1. The maximum atomic E-state index is 11.4. The molecule has 4 nitrogen and oxygen atoms in total. The molecule has 0 aromatic rings. The largest absolute Gasteiger partial charge is 1.00 e. The van der Waals surface area contributed by atoms with Crippen molar-refractivity contribution in [2.45, 2.75) is 32.1 Å². The van der Waals surface area contributed by atoms with Crippen molar-refractivity contribution in [2.75, 3.05) is 6.54 Å². The first-order valence-corrected chi connectivity index (χ1v) is 6.01. The number of hydrazine groups is 1. The summed E-state index contributed by atoms with van der Waals surface area (Å²) in [6.45, 7) is 0.811. The van der Waals surface area contributed by atoms with E-state index < -0.39 is 0 Å². The monoisotopic (exact) mass is 244 g/mol. The van der Waals surface area contributed by atoms with Crippen molar-refractivity contribution < 1.29 is 40.6 Å². The van der Waals surface area contributed by atoms with E-state index in [1.807, 2.05) is 0 Å². The standard InChI is InChI=1S/C12H16N2O2.Na.H/c15-7-14-12-9(6-13-14)2-1-8-5-10(16)3-4-11(8)12;;/h7-8,11,13H,1-6H2;;/q;+1;-1. The average Bonchev–Trinajstić information content (AvgIpc) is 2.71. The Labute approximate surface area is 125 Å². The molecule has 1 fully saturated rings. The summed E-state index contributed by atoms with van der Waals surface area (Å²) in [6, 6.07) is 0. The van der Waals surface area contributed by atoms with Gasteiger partial charge in [0.05, 0.1) is 0 Å². The summed E-state index contributed by atoms with van der Waals surface area (Å²) in [5.74, 6) is 1.30. The van der Waals surface area contributed by atoms with Gasteiger partial charge in [-0.2, -0.15) is 0 Å². The first-order valence-electron chi connectivity index (χ1n) is 6.01. The van der Waals surface area contributed by atoms with E-state index in [2.05, 4.69) is 5.43 Å². The molecule has 1 N–H and O–H groups in total. The minimum Gasteiger partial charge on any atom is -1.00 e. The number of allylic oxidation sites excluding steroid dienone is 1. The molecule has 5 heteroatoms. The second kappa shape index (κ2) is 5.22. The normalized spacial score (nSPS) is 31.8. The Morgan fingerprint density at radius 3 is 2.94 bits per heavy atom. The Morgan fingerprint density at radius 2 is 2.18 bits per heavy atom. The SMILES string of the molecule is O=CN1NCC2=C1C1CCC(=O)CC1CC2.[H-].[Na+].